The zero-order valence-corrected chi connectivity index (χ0v) is 30.0. The highest BCUT2D eigenvalue weighted by Gasteiger charge is 2.40. The van der Waals surface area contributed by atoms with Crippen molar-refractivity contribution in [3.8, 4) is 33.5 Å². The number of thiophene rings is 1. The molecule has 0 amide bonds. The van der Waals surface area contributed by atoms with Gasteiger partial charge in [0.05, 0.1) is 27.3 Å². The van der Waals surface area contributed by atoms with Crippen LogP contribution in [0.25, 0.3) is 86.1 Å². The Labute approximate surface area is 310 Å². The minimum absolute atomic E-state index is 0.107. The van der Waals surface area contributed by atoms with Gasteiger partial charge in [-0.05, 0) is 79.5 Å². The van der Waals surface area contributed by atoms with Gasteiger partial charge >= 0.3 is 0 Å². The van der Waals surface area contributed by atoms with Crippen molar-refractivity contribution in [3.63, 3.8) is 0 Å². The van der Waals surface area contributed by atoms with Gasteiger partial charge < -0.3 is 0 Å². The molecule has 0 fully saturated rings. The van der Waals surface area contributed by atoms with Gasteiger partial charge in [0.25, 0.3) is 0 Å². The molecule has 1 aliphatic carbocycles. The molecule has 1 aliphatic heterocycles. The van der Waals surface area contributed by atoms with Gasteiger partial charge in [-0.15, -0.1) is 11.3 Å². The maximum Gasteiger partial charge on any atom is 0.235 e. The fourth-order valence-electron chi connectivity index (χ4n) is 9.39. The Bertz CT molecular complexity index is 3230. The largest absolute Gasteiger partial charge is 0.278 e. The van der Waals surface area contributed by atoms with Gasteiger partial charge in [0, 0.05) is 37.6 Å². The van der Waals surface area contributed by atoms with Gasteiger partial charge in [0.2, 0.25) is 5.95 Å². The van der Waals surface area contributed by atoms with Crippen molar-refractivity contribution in [2.24, 2.45) is 0 Å². The van der Waals surface area contributed by atoms with Crippen LogP contribution >= 0.6 is 11.3 Å². The second-order valence-electron chi connectivity index (χ2n) is 14.9. The summed E-state index contributed by atoms with van der Waals surface area (Å²) >= 11 is 1.78. The summed E-state index contributed by atoms with van der Waals surface area (Å²) in [6.07, 6.45) is 0. The molecule has 0 saturated heterocycles. The third kappa shape index (κ3) is 3.83. The molecule has 0 radical (unpaired) electrons. The Morgan fingerprint density at radius 2 is 1.19 bits per heavy atom. The molecule has 0 bridgehead atoms. The molecule has 2 aromatic heterocycles. The van der Waals surface area contributed by atoms with Crippen LogP contribution in [0, 0.1) is 0 Å². The minimum atomic E-state index is -0.107. The molecule has 10 aromatic rings. The van der Waals surface area contributed by atoms with E-state index in [2.05, 4.69) is 170 Å². The topological polar surface area (TPSA) is 29.0 Å². The maximum absolute atomic E-state index is 5.66. The molecule has 3 heterocycles. The number of fused-ring (bicyclic) bond motifs is 12. The van der Waals surface area contributed by atoms with Crippen LogP contribution in [0.5, 0.6) is 0 Å². The molecular weight excluding hydrogens is 663 g/mol. The molecule has 4 heteroatoms. The van der Waals surface area contributed by atoms with Crippen LogP contribution in [0.1, 0.15) is 25.0 Å². The maximum atomic E-state index is 5.66. The van der Waals surface area contributed by atoms with Crippen molar-refractivity contribution in [1.82, 2.24) is 9.97 Å². The summed E-state index contributed by atoms with van der Waals surface area (Å²) in [6.45, 7) is 4.74. The zero-order valence-electron chi connectivity index (χ0n) is 29.2. The number of rotatable bonds is 2. The number of para-hydroxylation sites is 1. The lowest BCUT2D eigenvalue weighted by atomic mass is 9.79. The Hall–Kier alpha value is -6.36. The van der Waals surface area contributed by atoms with Crippen LogP contribution in [0.15, 0.2) is 152 Å². The molecule has 53 heavy (non-hydrogen) atoms. The van der Waals surface area contributed by atoms with Crippen molar-refractivity contribution in [1.29, 1.82) is 0 Å². The van der Waals surface area contributed by atoms with Gasteiger partial charge in [0.1, 0.15) is 0 Å². The quantitative estimate of drug-likeness (QED) is 0.169. The molecule has 2 aliphatic rings. The highest BCUT2D eigenvalue weighted by atomic mass is 32.1. The van der Waals surface area contributed by atoms with E-state index in [9.17, 15) is 0 Å². The predicted molar refractivity (Wildman–Crippen MR) is 224 cm³/mol. The fourth-order valence-corrected chi connectivity index (χ4v) is 10.5. The first-order chi connectivity index (χ1) is 26.1. The van der Waals surface area contributed by atoms with Crippen molar-refractivity contribution in [2.45, 2.75) is 19.3 Å². The van der Waals surface area contributed by atoms with Crippen LogP contribution < -0.4 is 4.90 Å². The van der Waals surface area contributed by atoms with Crippen LogP contribution in [0.3, 0.4) is 0 Å². The monoisotopic (exact) mass is 693 g/mol. The molecule has 0 unspecified atom stereocenters. The SMILES string of the molecule is CC1(C)c2ccccc2-c2c1cc1cccc3c1c2-c1ccccc1N3c1nc(-c2cc3ccccc3c3ccccc23)c2sc3ccccc3c2n1. The first-order valence-corrected chi connectivity index (χ1v) is 19.1. The van der Waals surface area contributed by atoms with Crippen molar-refractivity contribution in [3.05, 3.63) is 163 Å². The van der Waals surface area contributed by atoms with Gasteiger partial charge in [-0.25, -0.2) is 9.97 Å². The first-order valence-electron chi connectivity index (χ1n) is 18.3. The first kappa shape index (κ1) is 29.2. The Kier molecular flexibility index (Phi) is 5.72. The van der Waals surface area contributed by atoms with Crippen molar-refractivity contribution in [2.75, 3.05) is 4.90 Å². The van der Waals surface area contributed by atoms with Crippen LogP contribution in [0.4, 0.5) is 17.3 Å². The van der Waals surface area contributed by atoms with E-state index < -0.39 is 0 Å². The third-order valence-electron chi connectivity index (χ3n) is 11.8. The standard InChI is InChI=1S/C49H31N3S/c1-49(2)37-22-10-7-19-33(37)43-38(49)27-29-15-13-24-40-42(29)44(43)34-20-8-11-23-39(34)52(40)48-50-45-35-21-9-12-25-41(35)53-47(45)46(51-48)36-26-28-14-3-4-16-30(28)31-17-5-6-18-32(31)36/h3-27H,1-2H3. The summed E-state index contributed by atoms with van der Waals surface area (Å²) < 4.78 is 2.32. The highest BCUT2D eigenvalue weighted by molar-refractivity contribution is 7.26. The third-order valence-corrected chi connectivity index (χ3v) is 12.9. The Morgan fingerprint density at radius 1 is 0.509 bits per heavy atom. The molecule has 0 atom stereocenters. The zero-order chi connectivity index (χ0) is 35.0. The average Bonchev–Trinajstić information content (AvgIpc) is 3.69. The normalized spacial score (nSPS) is 14.0. The van der Waals surface area contributed by atoms with Gasteiger partial charge in [-0.3, -0.25) is 4.90 Å². The number of hydrogen-bond donors (Lipinski definition) is 0. The smallest absolute Gasteiger partial charge is 0.235 e. The Balaban J connectivity index is 1.21. The van der Waals surface area contributed by atoms with E-state index >= 15 is 0 Å². The number of hydrogen-bond acceptors (Lipinski definition) is 4. The summed E-state index contributed by atoms with van der Waals surface area (Å²) in [5.74, 6) is 0.681. The van der Waals surface area contributed by atoms with E-state index in [4.69, 9.17) is 9.97 Å². The van der Waals surface area contributed by atoms with E-state index in [1.165, 1.54) is 70.4 Å². The summed E-state index contributed by atoms with van der Waals surface area (Å²) in [5, 5.41) is 8.51. The van der Waals surface area contributed by atoms with E-state index in [1.807, 2.05) is 0 Å². The number of aromatic nitrogens is 2. The van der Waals surface area contributed by atoms with E-state index in [0.717, 1.165) is 38.2 Å². The van der Waals surface area contributed by atoms with Gasteiger partial charge in [0.15, 0.2) is 0 Å². The molecule has 0 spiro atoms. The van der Waals surface area contributed by atoms with E-state index in [0.29, 0.717) is 5.95 Å². The number of benzene rings is 8. The molecule has 3 nitrogen and oxygen atoms in total. The summed E-state index contributed by atoms with van der Waals surface area (Å²) in [7, 11) is 0. The average molecular weight is 694 g/mol. The highest BCUT2D eigenvalue weighted by Crippen LogP contribution is 2.60. The summed E-state index contributed by atoms with van der Waals surface area (Å²) in [4.78, 5) is 13.5. The molecular formula is C49H31N3S. The summed E-state index contributed by atoms with van der Waals surface area (Å²) in [5.41, 5.74) is 13.1. The van der Waals surface area contributed by atoms with Crippen molar-refractivity contribution < 1.29 is 0 Å². The van der Waals surface area contributed by atoms with Crippen LogP contribution in [0.2, 0.25) is 0 Å². The van der Waals surface area contributed by atoms with Crippen LogP contribution in [-0.2, 0) is 5.41 Å². The lowest BCUT2D eigenvalue weighted by Gasteiger charge is -2.34. The van der Waals surface area contributed by atoms with Gasteiger partial charge in [-0.2, -0.15) is 0 Å². The Morgan fingerprint density at radius 3 is 2.08 bits per heavy atom. The fraction of sp³-hybridized carbons (Fsp3) is 0.0612. The predicted octanol–water partition coefficient (Wildman–Crippen LogP) is 13.7. The van der Waals surface area contributed by atoms with Crippen molar-refractivity contribution >= 4 is 81.3 Å². The van der Waals surface area contributed by atoms with E-state index in [1.54, 1.807) is 11.3 Å². The summed E-state index contributed by atoms with van der Waals surface area (Å²) in [6, 6.07) is 55.4. The number of nitrogens with zero attached hydrogens (tertiary/aromatic N) is 3. The lowest BCUT2D eigenvalue weighted by Crippen LogP contribution is -2.19. The lowest BCUT2D eigenvalue weighted by molar-refractivity contribution is 0.661. The second kappa shape index (κ2) is 10.4. The minimum Gasteiger partial charge on any atom is -0.278 e. The molecule has 0 N–H and O–H groups in total. The molecule has 8 aromatic carbocycles. The van der Waals surface area contributed by atoms with Crippen LogP contribution in [-0.4, -0.2) is 9.97 Å². The number of anilines is 3. The molecule has 248 valence electrons. The molecule has 12 rings (SSSR count). The van der Waals surface area contributed by atoms with E-state index in [-0.39, 0.29) is 5.41 Å². The second-order valence-corrected chi connectivity index (χ2v) is 16.0. The van der Waals surface area contributed by atoms with Gasteiger partial charge in [-0.1, -0.05) is 135 Å². The molecule has 0 saturated carbocycles.